The highest BCUT2D eigenvalue weighted by Gasteiger charge is 2.31. The van der Waals surface area contributed by atoms with Crippen molar-refractivity contribution in [1.82, 2.24) is 4.31 Å². The van der Waals surface area contributed by atoms with Crippen LogP contribution in [0.15, 0.2) is 77.7 Å². The monoisotopic (exact) mass is 495 g/mol. The standard InChI is InChI=1S/C27H26FNO5S/c1-18-15-19(2)17-29(16-18)35(32,33)25-13-7-22(8-14-25)27(31)34-24-11-5-21(6-12-24)26(30)20-3-9-23(28)10-4-20/h3-14,18-19H,15-17H2,1-2H3/t18-,19+. The van der Waals surface area contributed by atoms with E-state index in [1.165, 1.54) is 77.1 Å². The molecule has 0 amide bonds. The first kappa shape index (κ1) is 24.8. The van der Waals surface area contributed by atoms with Crippen molar-refractivity contribution in [2.75, 3.05) is 13.1 Å². The molecule has 1 saturated heterocycles. The number of sulfonamides is 1. The van der Waals surface area contributed by atoms with Crippen LogP contribution >= 0.6 is 0 Å². The highest BCUT2D eigenvalue weighted by Crippen LogP contribution is 2.27. The van der Waals surface area contributed by atoms with Gasteiger partial charge < -0.3 is 4.74 Å². The van der Waals surface area contributed by atoms with Crippen LogP contribution in [0.4, 0.5) is 4.39 Å². The van der Waals surface area contributed by atoms with E-state index in [9.17, 15) is 22.4 Å². The van der Waals surface area contributed by atoms with E-state index >= 15 is 0 Å². The van der Waals surface area contributed by atoms with Crippen LogP contribution in [0.1, 0.15) is 46.5 Å². The van der Waals surface area contributed by atoms with Gasteiger partial charge in [-0.05, 0) is 91.1 Å². The Morgan fingerprint density at radius 1 is 0.800 bits per heavy atom. The summed E-state index contributed by atoms with van der Waals surface area (Å²) < 4.78 is 46.0. The maximum absolute atomic E-state index is 13.1. The van der Waals surface area contributed by atoms with E-state index in [-0.39, 0.29) is 22.0 Å². The van der Waals surface area contributed by atoms with Crippen molar-refractivity contribution in [2.24, 2.45) is 11.8 Å². The van der Waals surface area contributed by atoms with Gasteiger partial charge in [-0.25, -0.2) is 17.6 Å². The molecular formula is C27H26FNO5S. The summed E-state index contributed by atoms with van der Waals surface area (Å²) >= 11 is 0. The third-order valence-corrected chi connectivity index (χ3v) is 7.84. The Morgan fingerprint density at radius 2 is 1.29 bits per heavy atom. The zero-order valence-electron chi connectivity index (χ0n) is 19.5. The molecule has 182 valence electrons. The molecule has 0 N–H and O–H groups in total. The smallest absolute Gasteiger partial charge is 0.343 e. The van der Waals surface area contributed by atoms with Gasteiger partial charge in [-0.3, -0.25) is 4.79 Å². The number of benzene rings is 3. The van der Waals surface area contributed by atoms with Crippen LogP contribution in [-0.4, -0.2) is 37.6 Å². The van der Waals surface area contributed by atoms with Crippen molar-refractivity contribution < 1.29 is 27.1 Å². The Balaban J connectivity index is 1.42. The van der Waals surface area contributed by atoms with Gasteiger partial charge >= 0.3 is 5.97 Å². The topological polar surface area (TPSA) is 80.8 Å². The summed E-state index contributed by atoms with van der Waals surface area (Å²) in [5, 5.41) is 0. The van der Waals surface area contributed by atoms with Gasteiger partial charge in [-0.1, -0.05) is 13.8 Å². The van der Waals surface area contributed by atoms with E-state index in [4.69, 9.17) is 4.74 Å². The van der Waals surface area contributed by atoms with Crippen molar-refractivity contribution in [3.05, 3.63) is 95.3 Å². The SMILES string of the molecule is C[C@@H]1C[C@H](C)CN(S(=O)(=O)c2ccc(C(=O)Oc3ccc(C(=O)c4ccc(F)cc4)cc3)cc2)C1. The molecule has 1 fully saturated rings. The Hall–Kier alpha value is -3.36. The molecule has 0 saturated carbocycles. The highest BCUT2D eigenvalue weighted by molar-refractivity contribution is 7.89. The normalized spacial score (nSPS) is 18.7. The Bertz CT molecular complexity index is 1310. The van der Waals surface area contributed by atoms with Gasteiger partial charge in [0.25, 0.3) is 0 Å². The Labute approximate surface area is 204 Å². The number of hydrogen-bond acceptors (Lipinski definition) is 5. The molecule has 1 aliphatic heterocycles. The van der Waals surface area contributed by atoms with Crippen LogP contribution in [0.3, 0.4) is 0 Å². The molecule has 4 rings (SSSR count). The van der Waals surface area contributed by atoms with E-state index < -0.39 is 21.8 Å². The minimum absolute atomic E-state index is 0.138. The number of halogens is 1. The number of ketones is 1. The number of ether oxygens (including phenoxy) is 1. The predicted molar refractivity (Wildman–Crippen MR) is 129 cm³/mol. The number of rotatable bonds is 6. The van der Waals surface area contributed by atoms with Crippen LogP contribution in [0.25, 0.3) is 0 Å². The molecule has 0 bridgehead atoms. The quantitative estimate of drug-likeness (QED) is 0.275. The lowest BCUT2D eigenvalue weighted by atomic mass is 9.94. The van der Waals surface area contributed by atoms with E-state index in [2.05, 4.69) is 0 Å². The van der Waals surface area contributed by atoms with Crippen molar-refractivity contribution in [3.8, 4) is 5.75 Å². The molecule has 0 radical (unpaired) electrons. The van der Waals surface area contributed by atoms with Crippen LogP contribution in [0.2, 0.25) is 0 Å². The summed E-state index contributed by atoms with van der Waals surface area (Å²) in [4.78, 5) is 25.2. The first-order chi connectivity index (χ1) is 16.6. The van der Waals surface area contributed by atoms with Gasteiger partial charge in [0, 0.05) is 24.2 Å². The fourth-order valence-corrected chi connectivity index (χ4v) is 6.00. The average molecular weight is 496 g/mol. The van der Waals surface area contributed by atoms with Gasteiger partial charge in [0.2, 0.25) is 10.0 Å². The summed E-state index contributed by atoms with van der Waals surface area (Å²) in [6.45, 7) is 5.05. The number of nitrogens with zero attached hydrogens (tertiary/aromatic N) is 1. The second-order valence-electron chi connectivity index (χ2n) is 9.04. The lowest BCUT2D eigenvalue weighted by molar-refractivity contribution is 0.0734. The zero-order chi connectivity index (χ0) is 25.2. The largest absolute Gasteiger partial charge is 0.423 e. The van der Waals surface area contributed by atoms with Crippen LogP contribution in [0.5, 0.6) is 5.75 Å². The summed E-state index contributed by atoms with van der Waals surface area (Å²) in [5.41, 5.74) is 0.919. The molecule has 35 heavy (non-hydrogen) atoms. The second kappa shape index (κ2) is 10.1. The fourth-order valence-electron chi connectivity index (χ4n) is 4.32. The highest BCUT2D eigenvalue weighted by atomic mass is 32.2. The van der Waals surface area contributed by atoms with E-state index in [0.29, 0.717) is 36.1 Å². The number of piperidine rings is 1. The summed E-state index contributed by atoms with van der Waals surface area (Å²) in [5.74, 6) is -0.534. The number of esters is 1. The van der Waals surface area contributed by atoms with Crippen LogP contribution < -0.4 is 4.74 Å². The molecule has 3 aromatic carbocycles. The first-order valence-corrected chi connectivity index (χ1v) is 12.8. The van der Waals surface area contributed by atoms with Gasteiger partial charge in [0.15, 0.2) is 5.78 Å². The molecule has 0 unspecified atom stereocenters. The number of hydrogen-bond donors (Lipinski definition) is 0. The second-order valence-corrected chi connectivity index (χ2v) is 11.0. The molecule has 6 nitrogen and oxygen atoms in total. The number of carbonyl (C=O) groups excluding carboxylic acids is 2. The van der Waals surface area contributed by atoms with Crippen molar-refractivity contribution >= 4 is 21.8 Å². The van der Waals surface area contributed by atoms with Crippen molar-refractivity contribution in [2.45, 2.75) is 25.2 Å². The molecular weight excluding hydrogens is 469 g/mol. The summed E-state index contributed by atoms with van der Waals surface area (Å²) in [7, 11) is -3.64. The molecule has 3 aromatic rings. The summed E-state index contributed by atoms with van der Waals surface area (Å²) in [6, 6.07) is 17.0. The van der Waals surface area contributed by atoms with E-state index in [1.807, 2.05) is 13.8 Å². The molecule has 8 heteroatoms. The molecule has 0 spiro atoms. The van der Waals surface area contributed by atoms with E-state index in [1.54, 1.807) is 0 Å². The molecule has 0 aliphatic carbocycles. The third kappa shape index (κ3) is 5.66. The van der Waals surface area contributed by atoms with Crippen LogP contribution in [0, 0.1) is 17.7 Å². The summed E-state index contributed by atoms with van der Waals surface area (Å²) in [6.07, 6.45) is 0.998. The van der Waals surface area contributed by atoms with Gasteiger partial charge in [0.1, 0.15) is 11.6 Å². The lowest BCUT2D eigenvalue weighted by Gasteiger charge is -2.34. The van der Waals surface area contributed by atoms with Gasteiger partial charge in [0.05, 0.1) is 10.5 Å². The Kier molecular flexibility index (Phi) is 7.14. The van der Waals surface area contributed by atoms with Crippen molar-refractivity contribution in [3.63, 3.8) is 0 Å². The molecule has 2 atom stereocenters. The molecule has 1 heterocycles. The van der Waals surface area contributed by atoms with Gasteiger partial charge in [-0.2, -0.15) is 4.31 Å². The lowest BCUT2D eigenvalue weighted by Crippen LogP contribution is -2.42. The van der Waals surface area contributed by atoms with E-state index in [0.717, 1.165) is 6.42 Å². The van der Waals surface area contributed by atoms with Crippen molar-refractivity contribution in [1.29, 1.82) is 0 Å². The van der Waals surface area contributed by atoms with Gasteiger partial charge in [-0.15, -0.1) is 0 Å². The number of carbonyl (C=O) groups is 2. The predicted octanol–water partition coefficient (Wildman–Crippen LogP) is 4.94. The fraction of sp³-hybridized carbons (Fsp3) is 0.259. The minimum Gasteiger partial charge on any atom is -0.423 e. The minimum atomic E-state index is -3.64. The third-order valence-electron chi connectivity index (χ3n) is 6.00. The maximum Gasteiger partial charge on any atom is 0.343 e. The Morgan fingerprint density at radius 3 is 1.83 bits per heavy atom. The van der Waals surface area contributed by atoms with Crippen LogP contribution in [-0.2, 0) is 10.0 Å². The average Bonchev–Trinajstić information content (AvgIpc) is 2.84. The first-order valence-electron chi connectivity index (χ1n) is 11.4. The zero-order valence-corrected chi connectivity index (χ0v) is 20.3. The maximum atomic E-state index is 13.1. The molecule has 0 aromatic heterocycles. The molecule has 1 aliphatic rings.